The van der Waals surface area contributed by atoms with Gasteiger partial charge in [-0.1, -0.05) is 11.6 Å². The summed E-state index contributed by atoms with van der Waals surface area (Å²) in [6.45, 7) is 3.86. The monoisotopic (exact) mass is 413 g/mol. The zero-order valence-corrected chi connectivity index (χ0v) is 16.6. The van der Waals surface area contributed by atoms with Gasteiger partial charge >= 0.3 is 0 Å². The van der Waals surface area contributed by atoms with Crippen LogP contribution in [0.2, 0.25) is 5.02 Å². The molecule has 1 saturated heterocycles. The van der Waals surface area contributed by atoms with E-state index in [1.54, 1.807) is 16.8 Å². The number of hydrogen-bond acceptors (Lipinski definition) is 5. The highest BCUT2D eigenvalue weighted by Crippen LogP contribution is 2.34. The zero-order valence-electron chi connectivity index (χ0n) is 15.9. The molecule has 0 bridgehead atoms. The van der Waals surface area contributed by atoms with Gasteiger partial charge in [-0.25, -0.2) is 9.37 Å². The molecule has 1 aromatic carbocycles. The van der Waals surface area contributed by atoms with Crippen LogP contribution < -0.4 is 16.0 Å². The van der Waals surface area contributed by atoms with Crippen molar-refractivity contribution in [3.63, 3.8) is 0 Å². The first-order valence-electron chi connectivity index (χ1n) is 9.63. The molecule has 150 valence electrons. The van der Waals surface area contributed by atoms with Crippen molar-refractivity contribution in [2.75, 3.05) is 23.7 Å². The van der Waals surface area contributed by atoms with Crippen LogP contribution in [0, 0.1) is 12.7 Å². The van der Waals surface area contributed by atoms with Crippen molar-refractivity contribution in [3.05, 3.63) is 47.1 Å². The second-order valence-corrected chi connectivity index (χ2v) is 7.84. The number of hydrogen-bond donors (Lipinski definition) is 4. The highest BCUT2D eigenvalue weighted by Gasteiger charge is 2.16. The SMILES string of the molecule is Cc1cn2cc(Nc3n[nH]c4cc(NC5CCNCC5)cc(Cl)c34)cc(F)c2n1. The Morgan fingerprint density at radius 2 is 2.00 bits per heavy atom. The number of anilines is 3. The molecule has 29 heavy (non-hydrogen) atoms. The molecule has 0 radical (unpaired) electrons. The van der Waals surface area contributed by atoms with E-state index in [0.717, 1.165) is 48.2 Å². The van der Waals surface area contributed by atoms with Crippen LogP contribution >= 0.6 is 11.6 Å². The summed E-state index contributed by atoms with van der Waals surface area (Å²) in [5.74, 6) is 0.150. The van der Waals surface area contributed by atoms with E-state index in [9.17, 15) is 4.39 Å². The van der Waals surface area contributed by atoms with E-state index >= 15 is 0 Å². The molecule has 0 unspecified atom stereocenters. The zero-order chi connectivity index (χ0) is 20.0. The lowest BCUT2D eigenvalue weighted by atomic mass is 10.1. The first kappa shape index (κ1) is 18.2. The van der Waals surface area contributed by atoms with Gasteiger partial charge in [-0.05, 0) is 45.0 Å². The topological polar surface area (TPSA) is 82.1 Å². The van der Waals surface area contributed by atoms with Gasteiger partial charge in [0.05, 0.1) is 27.3 Å². The van der Waals surface area contributed by atoms with E-state index in [1.807, 2.05) is 19.1 Å². The van der Waals surface area contributed by atoms with Crippen molar-refractivity contribution in [3.8, 4) is 0 Å². The fourth-order valence-electron chi connectivity index (χ4n) is 3.87. The molecule has 1 aliphatic heterocycles. The minimum atomic E-state index is -0.400. The van der Waals surface area contributed by atoms with E-state index in [4.69, 9.17) is 11.6 Å². The fraction of sp³-hybridized carbons (Fsp3) is 0.300. The Bertz CT molecular complexity index is 1190. The molecule has 9 heteroatoms. The molecule has 3 aromatic heterocycles. The Morgan fingerprint density at radius 3 is 2.83 bits per heavy atom. The van der Waals surface area contributed by atoms with Gasteiger partial charge in [0, 0.05) is 30.2 Å². The summed E-state index contributed by atoms with van der Waals surface area (Å²) < 4.78 is 16.0. The van der Waals surface area contributed by atoms with Gasteiger partial charge in [0.2, 0.25) is 0 Å². The van der Waals surface area contributed by atoms with Gasteiger partial charge in [-0.3, -0.25) is 5.10 Å². The van der Waals surface area contributed by atoms with Crippen molar-refractivity contribution < 1.29 is 4.39 Å². The Kier molecular flexibility index (Phi) is 4.52. The van der Waals surface area contributed by atoms with Crippen molar-refractivity contribution in [2.45, 2.75) is 25.8 Å². The van der Waals surface area contributed by atoms with Crippen LogP contribution in [0.25, 0.3) is 16.6 Å². The summed E-state index contributed by atoms with van der Waals surface area (Å²) in [6.07, 6.45) is 5.71. The van der Waals surface area contributed by atoms with Gasteiger partial charge in [-0.2, -0.15) is 5.10 Å². The number of halogens is 2. The summed E-state index contributed by atoms with van der Waals surface area (Å²) in [6, 6.07) is 5.75. The van der Waals surface area contributed by atoms with E-state index in [0.29, 0.717) is 28.2 Å². The average Bonchev–Trinajstić information content (AvgIpc) is 3.26. The maximum atomic E-state index is 14.4. The molecular weight excluding hydrogens is 393 g/mol. The number of nitrogens with one attached hydrogen (secondary N) is 4. The molecule has 0 spiro atoms. The van der Waals surface area contributed by atoms with E-state index < -0.39 is 5.82 Å². The second-order valence-electron chi connectivity index (χ2n) is 7.44. The van der Waals surface area contributed by atoms with Crippen molar-refractivity contribution in [1.82, 2.24) is 24.9 Å². The van der Waals surface area contributed by atoms with Crippen LogP contribution in [0.3, 0.4) is 0 Å². The van der Waals surface area contributed by atoms with Gasteiger partial charge in [-0.15, -0.1) is 0 Å². The predicted molar refractivity (Wildman–Crippen MR) is 114 cm³/mol. The molecule has 1 aliphatic rings. The standard InChI is InChI=1S/C20H21ClFN7/c1-11-9-29-10-14(7-16(22)20(29)24-11)26-19-18-15(21)6-13(8-17(18)27-28-19)25-12-2-4-23-5-3-12/h6-10,12,23,25H,2-5H2,1H3,(H2,26,27,28). The number of H-pyrrole nitrogens is 1. The Labute approximate surface area is 171 Å². The minimum Gasteiger partial charge on any atom is -0.382 e. The lowest BCUT2D eigenvalue weighted by Gasteiger charge is -2.24. The number of imidazole rings is 1. The van der Waals surface area contributed by atoms with Crippen molar-refractivity contribution >= 4 is 45.3 Å². The first-order chi connectivity index (χ1) is 14.1. The quantitative estimate of drug-likeness (QED) is 0.402. The van der Waals surface area contributed by atoms with Crippen LogP contribution in [0.1, 0.15) is 18.5 Å². The first-order valence-corrected chi connectivity index (χ1v) is 10.0. The molecule has 0 amide bonds. The van der Waals surface area contributed by atoms with Gasteiger partial charge < -0.3 is 20.4 Å². The predicted octanol–water partition coefficient (Wildman–Crippen LogP) is 4.22. The molecule has 0 aliphatic carbocycles. The highest BCUT2D eigenvalue weighted by molar-refractivity contribution is 6.36. The molecule has 4 heterocycles. The summed E-state index contributed by atoms with van der Waals surface area (Å²) in [7, 11) is 0. The van der Waals surface area contributed by atoms with Gasteiger partial charge in [0.25, 0.3) is 0 Å². The normalized spacial score (nSPS) is 15.3. The number of aryl methyl sites for hydroxylation is 1. The van der Waals surface area contributed by atoms with Crippen LogP contribution in [0.15, 0.2) is 30.6 Å². The number of fused-ring (bicyclic) bond motifs is 2. The van der Waals surface area contributed by atoms with Crippen LogP contribution in [0.4, 0.5) is 21.6 Å². The van der Waals surface area contributed by atoms with Crippen LogP contribution in [-0.2, 0) is 0 Å². The van der Waals surface area contributed by atoms with E-state index in [2.05, 4.69) is 31.1 Å². The Balaban J connectivity index is 1.45. The summed E-state index contributed by atoms with van der Waals surface area (Å²) in [5.41, 5.74) is 3.39. The fourth-order valence-corrected chi connectivity index (χ4v) is 4.18. The second kappa shape index (κ2) is 7.20. The summed E-state index contributed by atoms with van der Waals surface area (Å²) in [4.78, 5) is 4.18. The van der Waals surface area contributed by atoms with Gasteiger partial charge in [0.15, 0.2) is 17.3 Å². The number of piperidine rings is 1. The van der Waals surface area contributed by atoms with Gasteiger partial charge in [0.1, 0.15) is 0 Å². The summed E-state index contributed by atoms with van der Waals surface area (Å²) >= 11 is 6.58. The number of rotatable bonds is 4. The third kappa shape index (κ3) is 3.49. The maximum Gasteiger partial charge on any atom is 0.173 e. The molecular formula is C20H21ClFN7. The number of aromatic amines is 1. The average molecular weight is 414 g/mol. The molecule has 1 fully saturated rings. The minimum absolute atomic E-state index is 0.298. The highest BCUT2D eigenvalue weighted by atomic mass is 35.5. The smallest absolute Gasteiger partial charge is 0.173 e. The Morgan fingerprint density at radius 1 is 1.17 bits per heavy atom. The summed E-state index contributed by atoms with van der Waals surface area (Å²) in [5, 5.41) is 18.8. The number of aromatic nitrogens is 4. The lowest BCUT2D eigenvalue weighted by Crippen LogP contribution is -2.35. The molecule has 7 nitrogen and oxygen atoms in total. The van der Waals surface area contributed by atoms with Crippen LogP contribution in [0.5, 0.6) is 0 Å². The van der Waals surface area contributed by atoms with Crippen LogP contribution in [-0.4, -0.2) is 38.7 Å². The molecule has 5 rings (SSSR count). The molecule has 0 atom stereocenters. The molecule has 4 aromatic rings. The Hall–Kier alpha value is -2.84. The van der Waals surface area contributed by atoms with E-state index in [-0.39, 0.29) is 0 Å². The largest absolute Gasteiger partial charge is 0.382 e. The lowest BCUT2D eigenvalue weighted by molar-refractivity contribution is 0.479. The molecule has 4 N–H and O–H groups in total. The number of pyridine rings is 1. The number of nitrogens with zero attached hydrogens (tertiary/aromatic N) is 3. The number of benzene rings is 1. The van der Waals surface area contributed by atoms with Crippen molar-refractivity contribution in [2.24, 2.45) is 0 Å². The van der Waals surface area contributed by atoms with E-state index in [1.165, 1.54) is 6.07 Å². The maximum absolute atomic E-state index is 14.4. The molecule has 0 saturated carbocycles. The van der Waals surface area contributed by atoms with Crippen molar-refractivity contribution in [1.29, 1.82) is 0 Å². The third-order valence-corrected chi connectivity index (χ3v) is 5.51. The third-order valence-electron chi connectivity index (χ3n) is 5.21.